The van der Waals surface area contributed by atoms with Gasteiger partial charge in [-0.1, -0.05) is 0 Å². The van der Waals surface area contributed by atoms with Gasteiger partial charge >= 0.3 is 0 Å². The number of aryl methyl sites for hydroxylation is 1. The minimum Gasteiger partial charge on any atom is -0.494 e. The predicted octanol–water partition coefficient (Wildman–Crippen LogP) is 3.94. The highest BCUT2D eigenvalue weighted by Gasteiger charge is 2.17. The van der Waals surface area contributed by atoms with Crippen molar-refractivity contribution in [3.05, 3.63) is 66.2 Å². The zero-order chi connectivity index (χ0) is 24.1. The van der Waals surface area contributed by atoms with Gasteiger partial charge < -0.3 is 24.3 Å². The van der Waals surface area contributed by atoms with Gasteiger partial charge in [0, 0.05) is 17.4 Å². The first-order chi connectivity index (χ1) is 16.3. The van der Waals surface area contributed by atoms with E-state index in [2.05, 4.69) is 10.0 Å². The van der Waals surface area contributed by atoms with Crippen LogP contribution in [0.4, 0.5) is 11.4 Å². The summed E-state index contributed by atoms with van der Waals surface area (Å²) in [6.45, 7) is 4.01. The van der Waals surface area contributed by atoms with Crippen LogP contribution in [0.2, 0.25) is 0 Å². The summed E-state index contributed by atoms with van der Waals surface area (Å²) in [4.78, 5) is 12.3. The fourth-order valence-electron chi connectivity index (χ4n) is 3.27. The number of hydrogen-bond acceptors (Lipinski definition) is 7. The van der Waals surface area contributed by atoms with Crippen LogP contribution in [0.1, 0.15) is 12.5 Å². The quantitative estimate of drug-likeness (QED) is 0.473. The molecule has 10 heteroatoms. The van der Waals surface area contributed by atoms with Crippen molar-refractivity contribution in [2.75, 3.05) is 30.0 Å². The molecule has 0 saturated heterocycles. The molecular weight excluding hydrogens is 460 g/mol. The maximum atomic E-state index is 12.8. The van der Waals surface area contributed by atoms with E-state index in [9.17, 15) is 13.2 Å². The SMILES string of the molecule is CCOc1ccc(NS(=O)(=O)c2ccc(OCC(=O)Nc3ccc4c(c3)OCO4)c(C)c2)cc1. The van der Waals surface area contributed by atoms with Gasteiger partial charge in [0.25, 0.3) is 15.9 Å². The number of carbonyl (C=O) groups is 1. The number of amides is 1. The summed E-state index contributed by atoms with van der Waals surface area (Å²) >= 11 is 0. The number of ether oxygens (including phenoxy) is 4. The van der Waals surface area contributed by atoms with Crippen molar-refractivity contribution in [2.45, 2.75) is 18.7 Å². The highest BCUT2D eigenvalue weighted by Crippen LogP contribution is 2.34. The summed E-state index contributed by atoms with van der Waals surface area (Å²) in [5.74, 6) is 1.88. The Morgan fingerprint density at radius 1 is 0.941 bits per heavy atom. The number of carbonyl (C=O) groups excluding carboxylic acids is 1. The number of rotatable bonds is 9. The molecule has 0 radical (unpaired) electrons. The van der Waals surface area contributed by atoms with E-state index >= 15 is 0 Å². The second-order valence-corrected chi connectivity index (χ2v) is 9.08. The number of anilines is 2. The summed E-state index contributed by atoms with van der Waals surface area (Å²) in [5.41, 5.74) is 1.54. The largest absolute Gasteiger partial charge is 0.494 e. The molecule has 0 fully saturated rings. The molecule has 0 bridgehead atoms. The van der Waals surface area contributed by atoms with Gasteiger partial charge in [-0.05, 0) is 74.0 Å². The highest BCUT2D eigenvalue weighted by atomic mass is 32.2. The van der Waals surface area contributed by atoms with E-state index in [1.807, 2.05) is 6.92 Å². The Balaban J connectivity index is 1.36. The molecule has 0 unspecified atom stereocenters. The first-order valence-corrected chi connectivity index (χ1v) is 12.0. The Labute approximate surface area is 197 Å². The average Bonchev–Trinajstić information content (AvgIpc) is 3.27. The molecule has 1 aliphatic heterocycles. The van der Waals surface area contributed by atoms with Gasteiger partial charge in [-0.3, -0.25) is 9.52 Å². The Morgan fingerprint density at radius 2 is 1.68 bits per heavy atom. The van der Waals surface area contributed by atoms with Gasteiger partial charge in [0.15, 0.2) is 18.1 Å². The van der Waals surface area contributed by atoms with Crippen LogP contribution in [0.15, 0.2) is 65.6 Å². The third-order valence-corrected chi connectivity index (χ3v) is 6.27. The highest BCUT2D eigenvalue weighted by molar-refractivity contribution is 7.92. The third-order valence-electron chi connectivity index (χ3n) is 4.89. The molecule has 2 N–H and O–H groups in total. The normalized spacial score (nSPS) is 12.2. The van der Waals surface area contributed by atoms with E-state index in [4.69, 9.17) is 18.9 Å². The molecule has 1 amide bonds. The van der Waals surface area contributed by atoms with Crippen LogP contribution >= 0.6 is 0 Å². The summed E-state index contributed by atoms with van der Waals surface area (Å²) in [7, 11) is -3.80. The van der Waals surface area contributed by atoms with Gasteiger partial charge in [-0.15, -0.1) is 0 Å². The summed E-state index contributed by atoms with van der Waals surface area (Å²) in [5, 5.41) is 2.72. The molecule has 0 saturated carbocycles. The van der Waals surface area contributed by atoms with Gasteiger partial charge in [0.2, 0.25) is 6.79 Å². The van der Waals surface area contributed by atoms with E-state index in [0.29, 0.717) is 46.5 Å². The first kappa shape index (κ1) is 23.2. The van der Waals surface area contributed by atoms with Crippen LogP contribution in [0, 0.1) is 6.92 Å². The lowest BCUT2D eigenvalue weighted by Gasteiger charge is -2.13. The van der Waals surface area contributed by atoms with Crippen molar-refractivity contribution in [1.29, 1.82) is 0 Å². The summed E-state index contributed by atoms with van der Waals surface area (Å²) in [6.07, 6.45) is 0. The maximum absolute atomic E-state index is 12.8. The van der Waals surface area contributed by atoms with Crippen LogP contribution in [0.25, 0.3) is 0 Å². The molecule has 178 valence electrons. The smallest absolute Gasteiger partial charge is 0.262 e. The first-order valence-electron chi connectivity index (χ1n) is 10.5. The Bertz CT molecular complexity index is 1290. The molecule has 0 atom stereocenters. The molecule has 9 nitrogen and oxygen atoms in total. The van der Waals surface area contributed by atoms with Gasteiger partial charge in [0.1, 0.15) is 11.5 Å². The van der Waals surface area contributed by atoms with E-state index < -0.39 is 10.0 Å². The fraction of sp³-hybridized carbons (Fsp3) is 0.208. The molecule has 1 heterocycles. The molecule has 34 heavy (non-hydrogen) atoms. The Morgan fingerprint density at radius 3 is 2.41 bits per heavy atom. The number of hydrogen-bond donors (Lipinski definition) is 2. The van der Waals surface area contributed by atoms with Gasteiger partial charge in [-0.2, -0.15) is 0 Å². The standard InChI is InChI=1S/C24H24N2O7S/c1-3-30-19-7-4-17(5-8-19)26-34(28,29)20-9-11-21(16(2)12-20)31-14-24(27)25-18-6-10-22-23(13-18)33-15-32-22/h4-13,26H,3,14-15H2,1-2H3,(H,25,27). The maximum Gasteiger partial charge on any atom is 0.262 e. The number of fused-ring (bicyclic) bond motifs is 1. The van der Waals surface area contributed by atoms with Crippen LogP contribution in [0.5, 0.6) is 23.0 Å². The summed E-state index contributed by atoms with van der Waals surface area (Å²) in [6, 6.07) is 16.2. The Kier molecular flexibility index (Phi) is 6.78. The van der Waals surface area contributed by atoms with Crippen LogP contribution in [-0.2, 0) is 14.8 Å². The van der Waals surface area contributed by atoms with Gasteiger partial charge in [0.05, 0.1) is 11.5 Å². The monoisotopic (exact) mass is 484 g/mol. The van der Waals surface area contributed by atoms with E-state index in [1.54, 1.807) is 49.4 Å². The van der Waals surface area contributed by atoms with E-state index in [-0.39, 0.29) is 24.2 Å². The molecule has 4 rings (SSSR count). The molecule has 0 aliphatic carbocycles. The zero-order valence-electron chi connectivity index (χ0n) is 18.7. The van der Waals surface area contributed by atoms with Crippen LogP contribution in [0.3, 0.4) is 0 Å². The topological polar surface area (TPSA) is 112 Å². The second-order valence-electron chi connectivity index (χ2n) is 7.40. The van der Waals surface area contributed by atoms with E-state index in [0.717, 1.165) is 0 Å². The van der Waals surface area contributed by atoms with Crippen molar-refractivity contribution in [1.82, 2.24) is 0 Å². The van der Waals surface area contributed by atoms with Crippen molar-refractivity contribution >= 4 is 27.3 Å². The minimum atomic E-state index is -3.80. The molecule has 0 aromatic heterocycles. The number of nitrogens with one attached hydrogen (secondary N) is 2. The molecular formula is C24H24N2O7S. The number of sulfonamides is 1. The van der Waals surface area contributed by atoms with E-state index in [1.165, 1.54) is 18.2 Å². The molecule has 1 aliphatic rings. The minimum absolute atomic E-state index is 0.0797. The van der Waals surface area contributed by atoms with Crippen LogP contribution in [-0.4, -0.2) is 34.3 Å². The van der Waals surface area contributed by atoms with Crippen molar-refractivity contribution < 1.29 is 32.2 Å². The number of benzene rings is 3. The second kappa shape index (κ2) is 9.92. The molecule has 3 aromatic carbocycles. The molecule has 0 spiro atoms. The molecule has 3 aromatic rings. The lowest BCUT2D eigenvalue weighted by atomic mass is 10.2. The lowest BCUT2D eigenvalue weighted by molar-refractivity contribution is -0.118. The average molecular weight is 485 g/mol. The van der Waals surface area contributed by atoms with Crippen molar-refractivity contribution in [3.8, 4) is 23.0 Å². The van der Waals surface area contributed by atoms with Gasteiger partial charge in [-0.25, -0.2) is 8.42 Å². The Hall–Kier alpha value is -3.92. The van der Waals surface area contributed by atoms with Crippen molar-refractivity contribution in [3.63, 3.8) is 0 Å². The third kappa shape index (κ3) is 5.52. The summed E-state index contributed by atoms with van der Waals surface area (Å²) < 4.78 is 49.5. The van der Waals surface area contributed by atoms with Crippen LogP contribution < -0.4 is 29.0 Å². The fourth-order valence-corrected chi connectivity index (χ4v) is 4.41. The zero-order valence-corrected chi connectivity index (χ0v) is 19.5. The van der Waals surface area contributed by atoms with Crippen molar-refractivity contribution in [2.24, 2.45) is 0 Å². The lowest BCUT2D eigenvalue weighted by Crippen LogP contribution is -2.20. The predicted molar refractivity (Wildman–Crippen MR) is 126 cm³/mol.